The number of phenolic OH excluding ortho intramolecular Hbond substituents is 2. The Morgan fingerprint density at radius 2 is 1.29 bits per heavy atom. The Labute approximate surface area is 376 Å². The molecule has 0 saturated carbocycles. The van der Waals surface area contributed by atoms with Crippen LogP contribution in [0, 0.1) is 0 Å². The first-order valence-corrected chi connectivity index (χ1v) is 31.4. The molecule has 0 radical (unpaired) electrons. The molecule has 4 aromatic carbocycles. The van der Waals surface area contributed by atoms with Crippen LogP contribution in [0.3, 0.4) is 0 Å². The summed E-state index contributed by atoms with van der Waals surface area (Å²) in [7, 11) is -1.62. The quantitative estimate of drug-likeness (QED) is 0.154. The SMILES string of the molecule is C.II.I[I-]I.O=C(O)c1cccc(B(O)O)c1.O=C([O-])c1cccc(-c2cc(Cl)ccc2O)c1.Oc1ccc(Cl)cc1Br.[K+]. The van der Waals surface area contributed by atoms with Gasteiger partial charge in [0, 0.05) is 52.8 Å². The van der Waals surface area contributed by atoms with Crippen LogP contribution in [0.15, 0.2) is 89.4 Å². The van der Waals surface area contributed by atoms with Gasteiger partial charge in [0.2, 0.25) is 0 Å². The fourth-order valence-electron chi connectivity index (χ4n) is 2.87. The molecule has 5 N–H and O–H groups in total. The van der Waals surface area contributed by atoms with Gasteiger partial charge in [-0.3, -0.25) is 0 Å². The summed E-state index contributed by atoms with van der Waals surface area (Å²) in [5.74, 6) is -2.09. The minimum atomic E-state index is -1.62. The minimum absolute atomic E-state index is 0. The zero-order chi connectivity index (χ0) is 33.1. The summed E-state index contributed by atoms with van der Waals surface area (Å²) in [4.78, 5) is 21.1. The molecule has 0 aromatic heterocycles. The van der Waals surface area contributed by atoms with Crippen LogP contribution < -0.4 is 75.2 Å². The van der Waals surface area contributed by atoms with Gasteiger partial charge in [0.1, 0.15) is 11.5 Å². The van der Waals surface area contributed by atoms with Crippen molar-refractivity contribution in [2.24, 2.45) is 0 Å². The number of carbonyl (C=O) groups excluding carboxylic acids is 1. The first-order valence-electron chi connectivity index (χ1n) is 11.0. The standard InChI is InChI=1S/C13H9ClO3.C7H7BO4.C6H4BrClO.CH4.I3.I2.K/c14-10-4-5-12(15)11(7-10)8-2-1-3-9(6-8)13(16)17;9-7(10)5-2-1-3-6(4-5)8(11)12;7-5-3-4(8)1-2-6(5)9;;1-3-2;1-2;/h1-7,15H,(H,16,17);1-4,11-12H,(H,9,10);1-3,9H;1H4;;;/q;;;;-1;;+1/p-1. The molecule has 4 rings (SSSR count). The number of carboxylic acid groups (broad SMARTS) is 2. The van der Waals surface area contributed by atoms with Crippen LogP contribution in [-0.2, 0) is 0 Å². The van der Waals surface area contributed by atoms with Gasteiger partial charge in [0.05, 0.1) is 16.0 Å². The summed E-state index contributed by atoms with van der Waals surface area (Å²) in [5.41, 5.74) is 1.34. The predicted octanol–water partition coefficient (Wildman–Crippen LogP) is 2.14. The topological polar surface area (TPSA) is 158 Å². The van der Waals surface area contributed by atoms with E-state index in [0.29, 0.717) is 38.9 Å². The van der Waals surface area contributed by atoms with Crippen molar-refractivity contribution in [2.75, 3.05) is 0 Å². The van der Waals surface area contributed by atoms with Crippen molar-refractivity contribution < 1.29 is 105 Å². The maximum Gasteiger partial charge on any atom is 1.00 e. The zero-order valence-corrected chi connectivity index (χ0v) is 39.2. The van der Waals surface area contributed by atoms with E-state index in [-0.39, 0.29) is 86.9 Å². The second kappa shape index (κ2) is 29.5. The van der Waals surface area contributed by atoms with E-state index in [0.717, 1.165) is 0 Å². The third kappa shape index (κ3) is 21.5. The Morgan fingerprint density at radius 1 is 0.800 bits per heavy atom. The molecule has 45 heavy (non-hydrogen) atoms. The number of phenols is 2. The van der Waals surface area contributed by atoms with E-state index in [1.807, 2.05) is 0 Å². The van der Waals surface area contributed by atoms with E-state index in [1.165, 1.54) is 48.5 Å². The molecule has 8 nitrogen and oxygen atoms in total. The predicted molar refractivity (Wildman–Crippen MR) is 210 cm³/mol. The number of aromatic hydroxyl groups is 2. The average molecular weight is 1310 g/mol. The number of carboxylic acids is 2. The van der Waals surface area contributed by atoms with Crippen molar-refractivity contribution in [3.63, 3.8) is 0 Å². The second-order valence-electron chi connectivity index (χ2n) is 7.48. The van der Waals surface area contributed by atoms with E-state index in [9.17, 15) is 19.8 Å². The average Bonchev–Trinajstić information content (AvgIpc) is 2.98. The fourth-order valence-corrected chi connectivity index (χ4v) is 3.72. The molecule has 0 spiro atoms. The Kier molecular flexibility index (Phi) is 33.5. The summed E-state index contributed by atoms with van der Waals surface area (Å²) in [6, 6.07) is 21.0. The summed E-state index contributed by atoms with van der Waals surface area (Å²) in [6.45, 7) is 0. The molecular weight excluding hydrogens is 1290 g/mol. The summed E-state index contributed by atoms with van der Waals surface area (Å²) >= 11 is 24.1. The van der Waals surface area contributed by atoms with Crippen LogP contribution >= 0.6 is 114 Å². The summed E-state index contributed by atoms with van der Waals surface area (Å²) in [6.07, 6.45) is 0. The number of hydrogen-bond acceptors (Lipinski definition) is 7. The van der Waals surface area contributed by atoms with Crippen LogP contribution in [0.2, 0.25) is 10.0 Å². The Bertz CT molecular complexity index is 1480. The first kappa shape index (κ1) is 51.1. The largest absolute Gasteiger partial charge is 1.00 e. The summed E-state index contributed by atoms with van der Waals surface area (Å²) < 4.78 is 0.620. The van der Waals surface area contributed by atoms with Crippen LogP contribution in [-0.4, -0.2) is 44.4 Å². The number of benzene rings is 4. The molecular formula is C27H23BBrCl2I5KO8-. The molecule has 0 saturated heterocycles. The number of carbonyl (C=O) groups is 2. The van der Waals surface area contributed by atoms with Crippen molar-refractivity contribution >= 4 is 138 Å². The molecule has 0 aliphatic carbocycles. The van der Waals surface area contributed by atoms with Gasteiger partial charge in [-0.15, -0.1) is 0 Å². The molecule has 4 aromatic rings. The van der Waals surface area contributed by atoms with Crippen LogP contribution in [0.25, 0.3) is 11.1 Å². The maximum atomic E-state index is 10.7. The van der Waals surface area contributed by atoms with Crippen molar-refractivity contribution in [1.82, 2.24) is 0 Å². The van der Waals surface area contributed by atoms with Gasteiger partial charge in [-0.25, -0.2) is 4.79 Å². The van der Waals surface area contributed by atoms with Crippen LogP contribution in [0.5, 0.6) is 11.5 Å². The van der Waals surface area contributed by atoms with E-state index in [4.69, 9.17) is 43.5 Å². The van der Waals surface area contributed by atoms with Gasteiger partial charge in [-0.05, 0) is 87.1 Å². The van der Waals surface area contributed by atoms with Crippen LogP contribution in [0.4, 0.5) is 0 Å². The Hall–Kier alpha value is 1.75. The Balaban J connectivity index is -0.000000557. The third-order valence-corrected chi connectivity index (χ3v) is 5.81. The zero-order valence-electron chi connectivity index (χ0n) is 22.1. The number of aromatic carboxylic acids is 2. The number of rotatable bonds is 4. The second-order valence-corrected chi connectivity index (χ2v) is 25.5. The normalized spacial score (nSPS) is 8.91. The molecule has 0 aliphatic heterocycles. The molecule has 0 atom stereocenters. The maximum absolute atomic E-state index is 10.7. The van der Waals surface area contributed by atoms with Crippen molar-refractivity contribution in [3.8, 4) is 22.6 Å². The molecule has 0 bridgehead atoms. The first-order chi connectivity index (χ1) is 20.3. The van der Waals surface area contributed by atoms with E-state index >= 15 is 0 Å². The number of hydrogen-bond donors (Lipinski definition) is 5. The smallest absolute Gasteiger partial charge is 0.545 e. The van der Waals surface area contributed by atoms with Gasteiger partial charge in [0.25, 0.3) is 0 Å². The van der Waals surface area contributed by atoms with Gasteiger partial charge < -0.3 is 35.3 Å². The molecule has 18 heteroatoms. The molecule has 0 unspecified atom stereocenters. The molecule has 0 fully saturated rings. The van der Waals surface area contributed by atoms with Crippen LogP contribution in [0.1, 0.15) is 28.1 Å². The number of halogens is 8. The van der Waals surface area contributed by atoms with E-state index in [1.54, 1.807) is 36.4 Å². The van der Waals surface area contributed by atoms with Gasteiger partial charge in [-0.2, -0.15) is 0 Å². The van der Waals surface area contributed by atoms with Gasteiger partial charge in [0.15, 0.2) is 0 Å². The van der Waals surface area contributed by atoms with Crippen molar-refractivity contribution in [2.45, 2.75) is 7.43 Å². The molecule has 0 heterocycles. The van der Waals surface area contributed by atoms with Crippen molar-refractivity contribution in [1.29, 1.82) is 0 Å². The monoisotopic (exact) mass is 1310 g/mol. The minimum Gasteiger partial charge on any atom is -0.545 e. The van der Waals surface area contributed by atoms with E-state index < -0.39 is 19.1 Å². The van der Waals surface area contributed by atoms with Gasteiger partial charge in [-0.1, -0.05) is 61.0 Å². The van der Waals surface area contributed by atoms with Crippen molar-refractivity contribution in [3.05, 3.63) is 111 Å². The molecule has 240 valence electrons. The van der Waals surface area contributed by atoms with E-state index in [2.05, 4.69) is 90.4 Å². The molecule has 0 amide bonds. The Morgan fingerprint density at radius 3 is 1.76 bits per heavy atom. The fraction of sp³-hybridized carbons (Fsp3) is 0.0370. The third-order valence-electron chi connectivity index (χ3n) is 4.71. The van der Waals surface area contributed by atoms with Gasteiger partial charge >= 0.3 is 115 Å². The summed E-state index contributed by atoms with van der Waals surface area (Å²) in [5, 5.41) is 56.4. The molecule has 0 aliphatic rings.